The Kier molecular flexibility index (Phi) is 4.96. The van der Waals surface area contributed by atoms with E-state index in [2.05, 4.69) is 12.2 Å². The third kappa shape index (κ3) is 3.91. The van der Waals surface area contributed by atoms with Crippen molar-refractivity contribution in [3.63, 3.8) is 0 Å². The number of ether oxygens (including phenoxy) is 1. The summed E-state index contributed by atoms with van der Waals surface area (Å²) in [6.45, 7) is 1.95. The van der Waals surface area contributed by atoms with Crippen molar-refractivity contribution in [1.29, 1.82) is 0 Å². The van der Waals surface area contributed by atoms with Crippen LogP contribution in [0.1, 0.15) is 42.3 Å². The topological polar surface area (TPSA) is 55.4 Å². The highest BCUT2D eigenvalue weighted by atomic mass is 32.1. The maximum absolute atomic E-state index is 12.1. The van der Waals surface area contributed by atoms with E-state index in [1.165, 1.54) is 17.8 Å². The van der Waals surface area contributed by atoms with Gasteiger partial charge in [0.1, 0.15) is 4.88 Å². The molecule has 1 aromatic carbocycles. The van der Waals surface area contributed by atoms with Crippen LogP contribution in [0.4, 0.5) is 0 Å². The summed E-state index contributed by atoms with van der Waals surface area (Å²) in [5.74, 6) is -0.151. The molecule has 1 fully saturated rings. The first-order valence-electron chi connectivity index (χ1n) is 8.08. The number of rotatable bonds is 4. The number of hydrogen-bond donors (Lipinski definition) is 1. The lowest BCUT2D eigenvalue weighted by atomic mass is 9.86. The van der Waals surface area contributed by atoms with Gasteiger partial charge in [-0.1, -0.05) is 38.0 Å². The molecule has 2 aromatic rings. The molecule has 2 atom stereocenters. The van der Waals surface area contributed by atoms with Crippen LogP contribution in [0.5, 0.6) is 0 Å². The molecule has 1 heterocycles. The molecule has 1 aromatic heterocycles. The lowest BCUT2D eigenvalue weighted by Gasteiger charge is -2.29. The van der Waals surface area contributed by atoms with E-state index in [0.29, 0.717) is 10.8 Å². The Morgan fingerprint density at radius 2 is 2.04 bits per heavy atom. The minimum Gasteiger partial charge on any atom is -0.451 e. The Bertz CT molecular complexity index is 676. The third-order valence-electron chi connectivity index (χ3n) is 4.42. The molecule has 23 heavy (non-hydrogen) atoms. The molecule has 1 aliphatic rings. The summed E-state index contributed by atoms with van der Waals surface area (Å²) < 4.78 is 6.20. The molecule has 5 heteroatoms. The van der Waals surface area contributed by atoms with Gasteiger partial charge in [-0.3, -0.25) is 4.79 Å². The van der Waals surface area contributed by atoms with Crippen LogP contribution < -0.4 is 5.32 Å². The summed E-state index contributed by atoms with van der Waals surface area (Å²) in [5, 5.41) is 4.01. The SMILES string of the molecule is C[C@H]1CCCC[C@@H]1NC(=O)COC(=O)c1cc2ccccc2s1. The Morgan fingerprint density at radius 3 is 2.83 bits per heavy atom. The fourth-order valence-electron chi connectivity index (χ4n) is 3.06. The van der Waals surface area contributed by atoms with Gasteiger partial charge in [0.2, 0.25) is 0 Å². The number of hydrogen-bond acceptors (Lipinski definition) is 4. The zero-order chi connectivity index (χ0) is 16.2. The number of carbonyl (C=O) groups excluding carboxylic acids is 2. The highest BCUT2D eigenvalue weighted by Crippen LogP contribution is 2.26. The van der Waals surface area contributed by atoms with Crippen LogP contribution in [0.25, 0.3) is 10.1 Å². The molecule has 0 bridgehead atoms. The summed E-state index contributed by atoms with van der Waals surface area (Å²) in [6, 6.07) is 9.81. The van der Waals surface area contributed by atoms with Crippen LogP contribution in [-0.4, -0.2) is 24.5 Å². The van der Waals surface area contributed by atoms with Gasteiger partial charge in [-0.05, 0) is 36.3 Å². The minimum atomic E-state index is -0.432. The second-order valence-electron chi connectivity index (χ2n) is 6.16. The number of carbonyl (C=O) groups is 2. The van der Waals surface area contributed by atoms with Crippen LogP contribution in [-0.2, 0) is 9.53 Å². The van der Waals surface area contributed by atoms with Gasteiger partial charge in [0.05, 0.1) is 0 Å². The standard InChI is InChI=1S/C18H21NO3S/c1-12-6-2-4-8-14(12)19-17(20)11-22-18(21)16-10-13-7-3-5-9-15(13)23-16/h3,5,7,9-10,12,14H,2,4,6,8,11H2,1H3,(H,19,20)/t12-,14-/m0/s1. The van der Waals surface area contributed by atoms with Crippen molar-refractivity contribution < 1.29 is 14.3 Å². The molecule has 1 aliphatic carbocycles. The van der Waals surface area contributed by atoms with Crippen LogP contribution >= 0.6 is 11.3 Å². The van der Waals surface area contributed by atoms with E-state index < -0.39 is 5.97 Å². The van der Waals surface area contributed by atoms with Gasteiger partial charge < -0.3 is 10.1 Å². The fourth-order valence-corrected chi connectivity index (χ4v) is 4.02. The molecular formula is C18H21NO3S. The molecular weight excluding hydrogens is 310 g/mol. The third-order valence-corrected chi connectivity index (χ3v) is 5.52. The first-order chi connectivity index (χ1) is 11.1. The molecule has 0 saturated heterocycles. The average molecular weight is 331 g/mol. The first-order valence-corrected chi connectivity index (χ1v) is 8.90. The summed E-state index contributed by atoms with van der Waals surface area (Å²) in [6.07, 6.45) is 4.54. The number of thiophene rings is 1. The van der Waals surface area contributed by atoms with Crippen LogP contribution in [0.15, 0.2) is 30.3 Å². The van der Waals surface area contributed by atoms with Crippen molar-refractivity contribution in [2.45, 2.75) is 38.6 Å². The van der Waals surface area contributed by atoms with Crippen molar-refractivity contribution in [1.82, 2.24) is 5.32 Å². The lowest BCUT2D eigenvalue weighted by Crippen LogP contribution is -2.42. The van der Waals surface area contributed by atoms with E-state index in [1.807, 2.05) is 30.3 Å². The van der Waals surface area contributed by atoms with Gasteiger partial charge >= 0.3 is 5.97 Å². The normalized spacial score (nSPS) is 21.1. The van der Waals surface area contributed by atoms with Crippen LogP contribution in [0, 0.1) is 5.92 Å². The molecule has 0 spiro atoms. The molecule has 3 rings (SSSR count). The van der Waals surface area contributed by atoms with Gasteiger partial charge in [0.15, 0.2) is 6.61 Å². The molecule has 1 N–H and O–H groups in total. The molecule has 4 nitrogen and oxygen atoms in total. The summed E-state index contributed by atoms with van der Waals surface area (Å²) in [7, 11) is 0. The van der Waals surface area contributed by atoms with Crippen molar-refractivity contribution in [3.8, 4) is 0 Å². The number of esters is 1. The summed E-state index contributed by atoms with van der Waals surface area (Å²) in [5.41, 5.74) is 0. The smallest absolute Gasteiger partial charge is 0.348 e. The van der Waals surface area contributed by atoms with Gasteiger partial charge in [0.25, 0.3) is 5.91 Å². The number of nitrogens with one attached hydrogen (secondary N) is 1. The highest BCUT2D eigenvalue weighted by molar-refractivity contribution is 7.20. The Balaban J connectivity index is 1.52. The Morgan fingerprint density at radius 1 is 1.26 bits per heavy atom. The van der Waals surface area contributed by atoms with Crippen LogP contribution in [0.2, 0.25) is 0 Å². The Labute approximate surface area is 139 Å². The molecule has 1 amide bonds. The Hall–Kier alpha value is -1.88. The molecule has 0 radical (unpaired) electrons. The largest absolute Gasteiger partial charge is 0.451 e. The van der Waals surface area contributed by atoms with E-state index in [0.717, 1.165) is 29.3 Å². The first kappa shape index (κ1) is 16.0. The summed E-state index contributed by atoms with van der Waals surface area (Å²) >= 11 is 1.39. The maximum atomic E-state index is 12.1. The fraction of sp³-hybridized carbons (Fsp3) is 0.444. The zero-order valence-corrected chi connectivity index (χ0v) is 14.0. The number of amides is 1. The van der Waals surface area contributed by atoms with Crippen molar-refractivity contribution in [3.05, 3.63) is 35.2 Å². The molecule has 0 unspecified atom stereocenters. The van der Waals surface area contributed by atoms with Gasteiger partial charge in [0, 0.05) is 10.7 Å². The van der Waals surface area contributed by atoms with Crippen molar-refractivity contribution >= 4 is 33.3 Å². The van der Waals surface area contributed by atoms with E-state index >= 15 is 0 Å². The van der Waals surface area contributed by atoms with Crippen molar-refractivity contribution in [2.75, 3.05) is 6.61 Å². The van der Waals surface area contributed by atoms with Crippen LogP contribution in [0.3, 0.4) is 0 Å². The minimum absolute atomic E-state index is 0.208. The number of fused-ring (bicyclic) bond motifs is 1. The van der Waals surface area contributed by atoms with E-state index in [4.69, 9.17) is 4.74 Å². The van der Waals surface area contributed by atoms with E-state index in [-0.39, 0.29) is 18.6 Å². The predicted octanol–water partition coefficient (Wildman–Crippen LogP) is 3.75. The molecule has 1 saturated carbocycles. The average Bonchev–Trinajstić information content (AvgIpc) is 2.99. The second kappa shape index (κ2) is 7.13. The second-order valence-corrected chi connectivity index (χ2v) is 7.24. The van der Waals surface area contributed by atoms with Gasteiger partial charge in [-0.15, -0.1) is 11.3 Å². The van der Waals surface area contributed by atoms with Crippen molar-refractivity contribution in [2.24, 2.45) is 5.92 Å². The predicted molar refractivity (Wildman–Crippen MR) is 91.7 cm³/mol. The molecule has 122 valence electrons. The lowest BCUT2D eigenvalue weighted by molar-refractivity contribution is -0.125. The monoisotopic (exact) mass is 331 g/mol. The zero-order valence-electron chi connectivity index (χ0n) is 13.2. The van der Waals surface area contributed by atoms with E-state index in [9.17, 15) is 9.59 Å². The van der Waals surface area contributed by atoms with Gasteiger partial charge in [-0.2, -0.15) is 0 Å². The van der Waals surface area contributed by atoms with E-state index in [1.54, 1.807) is 0 Å². The van der Waals surface area contributed by atoms with Gasteiger partial charge in [-0.25, -0.2) is 4.79 Å². The quantitative estimate of drug-likeness (QED) is 0.868. The highest BCUT2D eigenvalue weighted by Gasteiger charge is 2.23. The summed E-state index contributed by atoms with van der Waals surface area (Å²) in [4.78, 5) is 24.6. The molecule has 0 aliphatic heterocycles. The number of benzene rings is 1. The maximum Gasteiger partial charge on any atom is 0.348 e.